The molecule has 9 heteroatoms. The van der Waals surface area contributed by atoms with E-state index in [0.717, 1.165) is 19.3 Å². The van der Waals surface area contributed by atoms with E-state index in [0.29, 0.717) is 30.3 Å². The number of ether oxygens (including phenoxy) is 2. The van der Waals surface area contributed by atoms with E-state index in [2.05, 4.69) is 5.32 Å². The number of anilines is 1. The van der Waals surface area contributed by atoms with Crippen LogP contribution in [-0.2, 0) is 10.0 Å². The average Bonchev–Trinajstić information content (AvgIpc) is 2.74. The second-order valence-electron chi connectivity index (χ2n) is 6.63. The molecule has 0 atom stereocenters. The Morgan fingerprint density at radius 3 is 2.41 bits per heavy atom. The van der Waals surface area contributed by atoms with Crippen molar-refractivity contribution < 1.29 is 22.7 Å². The van der Waals surface area contributed by atoms with E-state index >= 15 is 0 Å². The van der Waals surface area contributed by atoms with Crippen LogP contribution >= 0.6 is 11.6 Å². The monoisotopic (exact) mass is 438 g/mol. The van der Waals surface area contributed by atoms with E-state index < -0.39 is 15.9 Å². The summed E-state index contributed by atoms with van der Waals surface area (Å²) in [5.41, 5.74) is 0.585. The predicted molar refractivity (Wildman–Crippen MR) is 112 cm³/mol. The third-order valence-electron chi connectivity index (χ3n) is 4.78. The lowest BCUT2D eigenvalue weighted by atomic mass is 10.2. The lowest BCUT2D eigenvalue weighted by molar-refractivity contribution is 0.102. The highest BCUT2D eigenvalue weighted by Gasteiger charge is 2.29. The van der Waals surface area contributed by atoms with Gasteiger partial charge in [-0.1, -0.05) is 18.0 Å². The van der Waals surface area contributed by atoms with E-state index in [1.165, 1.54) is 36.7 Å². The van der Waals surface area contributed by atoms with Gasteiger partial charge in [0.05, 0.1) is 24.9 Å². The van der Waals surface area contributed by atoms with E-state index in [9.17, 15) is 13.2 Å². The van der Waals surface area contributed by atoms with Crippen LogP contribution in [0, 0.1) is 0 Å². The molecule has 0 saturated carbocycles. The van der Waals surface area contributed by atoms with Gasteiger partial charge in [0, 0.05) is 24.7 Å². The number of halogens is 1. The number of benzene rings is 2. The maximum absolute atomic E-state index is 13.0. The van der Waals surface area contributed by atoms with Crippen molar-refractivity contribution in [3.05, 3.63) is 47.0 Å². The third kappa shape index (κ3) is 4.66. The van der Waals surface area contributed by atoms with Crippen LogP contribution in [0.1, 0.15) is 29.6 Å². The van der Waals surface area contributed by atoms with Crippen molar-refractivity contribution in [1.82, 2.24) is 4.31 Å². The van der Waals surface area contributed by atoms with Crippen LogP contribution in [0.25, 0.3) is 0 Å². The van der Waals surface area contributed by atoms with Gasteiger partial charge in [-0.2, -0.15) is 4.31 Å². The van der Waals surface area contributed by atoms with Crippen LogP contribution in [0.4, 0.5) is 5.69 Å². The quantitative estimate of drug-likeness (QED) is 0.741. The van der Waals surface area contributed by atoms with Gasteiger partial charge in [-0.15, -0.1) is 0 Å². The lowest BCUT2D eigenvalue weighted by Crippen LogP contribution is -2.35. The molecule has 0 aromatic heterocycles. The molecule has 1 fully saturated rings. The topological polar surface area (TPSA) is 84.9 Å². The highest BCUT2D eigenvalue weighted by molar-refractivity contribution is 7.89. The van der Waals surface area contributed by atoms with E-state index in [-0.39, 0.29) is 15.5 Å². The van der Waals surface area contributed by atoms with E-state index in [4.69, 9.17) is 21.1 Å². The van der Waals surface area contributed by atoms with Crippen LogP contribution in [0.3, 0.4) is 0 Å². The molecule has 0 radical (unpaired) electrons. The molecule has 7 nitrogen and oxygen atoms in total. The zero-order valence-electron chi connectivity index (χ0n) is 16.3. The molecule has 1 amide bonds. The Morgan fingerprint density at radius 1 is 1.03 bits per heavy atom. The summed E-state index contributed by atoms with van der Waals surface area (Å²) in [6.45, 7) is 0.909. The van der Waals surface area contributed by atoms with Gasteiger partial charge in [0.2, 0.25) is 10.0 Å². The first-order chi connectivity index (χ1) is 13.9. The SMILES string of the molecule is COc1ccc(OC)c(NC(=O)c2ccc(Cl)c(S(=O)(=O)N3CCCCC3)c2)c1. The molecule has 29 heavy (non-hydrogen) atoms. The molecule has 1 N–H and O–H groups in total. The first-order valence-corrected chi connectivity index (χ1v) is 11.0. The zero-order chi connectivity index (χ0) is 21.0. The van der Waals surface area contributed by atoms with Crippen LogP contribution in [-0.4, -0.2) is 45.9 Å². The first kappa shape index (κ1) is 21.4. The number of rotatable bonds is 6. The maximum Gasteiger partial charge on any atom is 0.255 e. The number of nitrogens with one attached hydrogen (secondary N) is 1. The Kier molecular flexibility index (Phi) is 6.66. The fraction of sp³-hybridized carbons (Fsp3) is 0.350. The van der Waals surface area contributed by atoms with Gasteiger partial charge in [-0.25, -0.2) is 8.42 Å². The molecule has 156 valence electrons. The van der Waals surface area contributed by atoms with Gasteiger partial charge in [0.25, 0.3) is 5.91 Å². The molecular formula is C20H23ClN2O5S. The van der Waals surface area contributed by atoms with Crippen molar-refractivity contribution in [2.24, 2.45) is 0 Å². The summed E-state index contributed by atoms with van der Waals surface area (Å²) in [6.07, 6.45) is 2.63. The largest absolute Gasteiger partial charge is 0.497 e. The minimum absolute atomic E-state index is 0.0636. The molecule has 1 aliphatic heterocycles. The summed E-state index contributed by atoms with van der Waals surface area (Å²) in [4.78, 5) is 12.7. The number of piperidine rings is 1. The molecule has 0 unspecified atom stereocenters. The molecule has 1 heterocycles. The van der Waals surface area contributed by atoms with Gasteiger partial charge in [0.1, 0.15) is 16.4 Å². The molecule has 3 rings (SSSR count). The van der Waals surface area contributed by atoms with Crippen molar-refractivity contribution in [2.45, 2.75) is 24.2 Å². The van der Waals surface area contributed by atoms with Crippen molar-refractivity contribution in [3.8, 4) is 11.5 Å². The van der Waals surface area contributed by atoms with Crippen LogP contribution in [0.5, 0.6) is 11.5 Å². The molecule has 0 spiro atoms. The van der Waals surface area contributed by atoms with Crippen LogP contribution < -0.4 is 14.8 Å². The Morgan fingerprint density at radius 2 is 1.76 bits per heavy atom. The predicted octanol–water partition coefficient (Wildman–Crippen LogP) is 3.78. The molecule has 0 aliphatic carbocycles. The third-order valence-corrected chi connectivity index (χ3v) is 7.16. The zero-order valence-corrected chi connectivity index (χ0v) is 17.8. The second kappa shape index (κ2) is 9.02. The number of carbonyl (C=O) groups excluding carboxylic acids is 1. The highest BCUT2D eigenvalue weighted by atomic mass is 35.5. The molecular weight excluding hydrogens is 416 g/mol. The van der Waals surface area contributed by atoms with Gasteiger partial charge in [-0.3, -0.25) is 4.79 Å². The maximum atomic E-state index is 13.0. The second-order valence-corrected chi connectivity index (χ2v) is 8.94. The van der Waals surface area contributed by atoms with Gasteiger partial charge in [0.15, 0.2) is 0 Å². The minimum atomic E-state index is -3.77. The first-order valence-electron chi connectivity index (χ1n) is 9.20. The Bertz CT molecular complexity index is 1000. The Hall–Kier alpha value is -2.29. The Labute approximate surface area is 175 Å². The molecule has 1 aliphatic rings. The number of carbonyl (C=O) groups is 1. The summed E-state index contributed by atoms with van der Waals surface area (Å²) in [5, 5.41) is 2.82. The highest BCUT2D eigenvalue weighted by Crippen LogP contribution is 2.31. The van der Waals surface area contributed by atoms with E-state index in [1.54, 1.807) is 18.2 Å². The van der Waals surface area contributed by atoms with Crippen LogP contribution in [0.2, 0.25) is 5.02 Å². The Balaban J connectivity index is 1.90. The normalized spacial score (nSPS) is 15.0. The fourth-order valence-corrected chi connectivity index (χ4v) is 5.21. The van der Waals surface area contributed by atoms with Gasteiger partial charge < -0.3 is 14.8 Å². The number of hydrogen-bond acceptors (Lipinski definition) is 5. The molecule has 1 saturated heterocycles. The number of amides is 1. The van der Waals surface area contributed by atoms with Crippen molar-refractivity contribution in [3.63, 3.8) is 0 Å². The molecule has 2 aromatic carbocycles. The van der Waals surface area contributed by atoms with Crippen molar-refractivity contribution in [2.75, 3.05) is 32.6 Å². The minimum Gasteiger partial charge on any atom is -0.497 e. The van der Waals surface area contributed by atoms with Crippen LogP contribution in [0.15, 0.2) is 41.3 Å². The standard InChI is InChI=1S/C20H23ClN2O5S/c1-27-15-7-9-18(28-2)17(13-15)22-20(24)14-6-8-16(21)19(12-14)29(25,26)23-10-4-3-5-11-23/h6-9,12-13H,3-5,10-11H2,1-2H3,(H,22,24). The average molecular weight is 439 g/mol. The lowest BCUT2D eigenvalue weighted by Gasteiger charge is -2.26. The van der Waals surface area contributed by atoms with E-state index in [1.807, 2.05) is 0 Å². The summed E-state index contributed by atoms with van der Waals surface area (Å²) in [6, 6.07) is 9.23. The summed E-state index contributed by atoms with van der Waals surface area (Å²) >= 11 is 6.18. The van der Waals surface area contributed by atoms with Crippen molar-refractivity contribution in [1.29, 1.82) is 0 Å². The van der Waals surface area contributed by atoms with Gasteiger partial charge >= 0.3 is 0 Å². The number of hydrogen-bond donors (Lipinski definition) is 1. The smallest absolute Gasteiger partial charge is 0.255 e. The summed E-state index contributed by atoms with van der Waals surface area (Å²) < 4.78 is 37.9. The molecule has 2 aromatic rings. The summed E-state index contributed by atoms with van der Waals surface area (Å²) in [5.74, 6) is 0.517. The molecule has 0 bridgehead atoms. The van der Waals surface area contributed by atoms with Crippen molar-refractivity contribution >= 4 is 33.2 Å². The number of nitrogens with zero attached hydrogens (tertiary/aromatic N) is 1. The van der Waals surface area contributed by atoms with Gasteiger partial charge in [-0.05, 0) is 43.2 Å². The number of methoxy groups -OCH3 is 2. The number of sulfonamides is 1. The fourth-order valence-electron chi connectivity index (χ4n) is 3.19. The summed E-state index contributed by atoms with van der Waals surface area (Å²) in [7, 11) is -0.761.